The Morgan fingerprint density at radius 1 is 1.12 bits per heavy atom. The number of fused-ring (bicyclic) bond motifs is 1. The molecule has 0 saturated carbocycles. The van der Waals surface area contributed by atoms with Gasteiger partial charge in [-0.05, 0) is 32.0 Å². The number of rotatable bonds is 9. The van der Waals surface area contributed by atoms with E-state index in [0.717, 1.165) is 41.8 Å². The Morgan fingerprint density at radius 3 is 2.32 bits per heavy atom. The number of aromatic nitrogens is 2. The quantitative estimate of drug-likeness (QED) is 0.210. The second-order valence-electron chi connectivity index (χ2n) is 8.84. The maximum Gasteiger partial charge on any atom is 0.491 e. The number of imidazole rings is 1. The van der Waals surface area contributed by atoms with Gasteiger partial charge in [0, 0.05) is 18.3 Å². The zero-order valence-corrected chi connectivity index (χ0v) is 21.0. The summed E-state index contributed by atoms with van der Waals surface area (Å²) in [5, 5.41) is 3.89. The van der Waals surface area contributed by atoms with Gasteiger partial charge in [0.1, 0.15) is 30.6 Å². The molecule has 2 N–H and O–H groups in total. The number of halogens is 8. The van der Waals surface area contributed by atoms with Gasteiger partial charge in [0.15, 0.2) is 11.4 Å². The van der Waals surface area contributed by atoms with Crippen LogP contribution in [0, 0.1) is 18.6 Å². The Hall–Kier alpha value is -4.44. The van der Waals surface area contributed by atoms with Crippen molar-refractivity contribution >= 4 is 23.6 Å². The van der Waals surface area contributed by atoms with Crippen molar-refractivity contribution in [2.75, 3.05) is 13.2 Å². The molecule has 0 bridgehead atoms. The molecule has 3 aromatic rings. The van der Waals surface area contributed by atoms with Gasteiger partial charge in [-0.2, -0.15) is 13.2 Å². The number of ether oxygens (including phenoxy) is 2. The highest BCUT2D eigenvalue weighted by Gasteiger charge is 2.43. The molecule has 0 fully saturated rings. The number of nitrogens with one attached hydrogen (secondary N) is 2. The van der Waals surface area contributed by atoms with Gasteiger partial charge in [0.05, 0.1) is 16.8 Å². The Balaban J connectivity index is 1.86. The van der Waals surface area contributed by atoms with Crippen molar-refractivity contribution in [1.82, 2.24) is 20.0 Å². The minimum atomic E-state index is -5.50. The number of hydrogen-bond acceptors (Lipinski definition) is 6. The predicted molar refractivity (Wildman–Crippen MR) is 123 cm³/mol. The third-order valence-corrected chi connectivity index (χ3v) is 5.54. The second-order valence-corrected chi connectivity index (χ2v) is 8.84. The van der Waals surface area contributed by atoms with Crippen LogP contribution in [0.5, 0.6) is 5.75 Å². The lowest BCUT2D eigenvalue weighted by Gasteiger charge is -2.27. The number of benzene rings is 1. The molecule has 1 unspecified atom stereocenters. The number of nitrogens with zero attached hydrogens (tertiary/aromatic N) is 2. The van der Waals surface area contributed by atoms with Crippen molar-refractivity contribution in [3.8, 4) is 5.75 Å². The minimum absolute atomic E-state index is 0.0547. The molecule has 0 aliphatic rings. The first-order valence-electron chi connectivity index (χ1n) is 11.4. The zero-order valence-electron chi connectivity index (χ0n) is 21.0. The topological polar surface area (TPSA) is 111 Å². The van der Waals surface area contributed by atoms with Gasteiger partial charge in [0.2, 0.25) is 0 Å². The van der Waals surface area contributed by atoms with Crippen LogP contribution in [0.25, 0.3) is 5.65 Å². The number of carbonyl (C=O) groups is 3. The standard InChI is InChI=1S/C24H20F8N4O5/c1-11-17(20(37)33-10-23(2,9-25)35-22(39)41-21(38)24(30,31)32)36-7-12(18(28)29)6-16(19(36)34-11)40-8-13-14(26)4-3-5-15(13)27/h3-7,18H,8-10H2,1-2H3,(H,33,37)(H,35,39). The van der Waals surface area contributed by atoms with Crippen LogP contribution in [-0.4, -0.2) is 52.3 Å². The van der Waals surface area contributed by atoms with Gasteiger partial charge in [-0.15, -0.1) is 0 Å². The van der Waals surface area contributed by atoms with Gasteiger partial charge in [-0.1, -0.05) is 6.07 Å². The molecule has 9 nitrogen and oxygen atoms in total. The highest BCUT2D eigenvalue weighted by atomic mass is 19.4. The fraction of sp³-hybridized carbons (Fsp3) is 0.333. The highest BCUT2D eigenvalue weighted by molar-refractivity contribution is 5.95. The van der Waals surface area contributed by atoms with E-state index >= 15 is 0 Å². The molecular weight excluding hydrogens is 576 g/mol. The molecule has 0 radical (unpaired) electrons. The van der Waals surface area contributed by atoms with Gasteiger partial charge < -0.3 is 20.1 Å². The van der Waals surface area contributed by atoms with Crippen molar-refractivity contribution in [1.29, 1.82) is 0 Å². The Bertz CT molecular complexity index is 1460. The number of hydrogen-bond donors (Lipinski definition) is 2. The number of alkyl halides is 6. The second kappa shape index (κ2) is 12.0. The van der Waals surface area contributed by atoms with Crippen molar-refractivity contribution < 1.29 is 59.0 Å². The van der Waals surface area contributed by atoms with Crippen LogP contribution in [0.3, 0.4) is 0 Å². The molecule has 0 spiro atoms. The average Bonchev–Trinajstić information content (AvgIpc) is 3.22. The summed E-state index contributed by atoms with van der Waals surface area (Å²) in [6.45, 7) is -0.668. The van der Waals surface area contributed by atoms with Crippen molar-refractivity contribution in [2.45, 2.75) is 38.6 Å². The monoisotopic (exact) mass is 596 g/mol. The molecule has 2 aromatic heterocycles. The van der Waals surface area contributed by atoms with E-state index in [9.17, 15) is 49.5 Å². The summed E-state index contributed by atoms with van der Waals surface area (Å²) in [4.78, 5) is 39.5. The average molecular weight is 596 g/mol. The normalized spacial score (nSPS) is 13.1. The Kier molecular flexibility index (Phi) is 9.08. The molecule has 41 heavy (non-hydrogen) atoms. The van der Waals surface area contributed by atoms with Gasteiger partial charge in [-0.25, -0.2) is 36.5 Å². The first-order chi connectivity index (χ1) is 19.1. The van der Waals surface area contributed by atoms with Crippen LogP contribution >= 0.6 is 0 Å². The van der Waals surface area contributed by atoms with E-state index in [0.29, 0.717) is 0 Å². The summed E-state index contributed by atoms with van der Waals surface area (Å²) in [6.07, 6.45) is -9.68. The van der Waals surface area contributed by atoms with Crippen LogP contribution in [0.15, 0.2) is 30.5 Å². The fourth-order valence-electron chi connectivity index (χ4n) is 3.46. The summed E-state index contributed by atoms with van der Waals surface area (Å²) >= 11 is 0. The van der Waals surface area contributed by atoms with Crippen LogP contribution in [0.4, 0.5) is 39.9 Å². The summed E-state index contributed by atoms with van der Waals surface area (Å²) in [5.74, 6) is -6.18. The number of amides is 2. The molecule has 2 amide bonds. The molecule has 0 saturated heterocycles. The molecule has 2 heterocycles. The number of alkyl carbamates (subject to hydrolysis) is 1. The Morgan fingerprint density at radius 2 is 1.76 bits per heavy atom. The Labute approximate surface area is 225 Å². The molecule has 17 heteroatoms. The molecule has 3 rings (SSSR count). The first kappa shape index (κ1) is 31.1. The highest BCUT2D eigenvalue weighted by Crippen LogP contribution is 2.30. The van der Waals surface area contributed by atoms with E-state index < -0.39 is 78.7 Å². The molecule has 1 atom stereocenters. The lowest BCUT2D eigenvalue weighted by Crippen LogP contribution is -2.56. The lowest BCUT2D eigenvalue weighted by atomic mass is 10.1. The third kappa shape index (κ3) is 7.20. The smallest absolute Gasteiger partial charge is 0.485 e. The summed E-state index contributed by atoms with van der Waals surface area (Å²) in [6, 6.07) is 3.90. The number of esters is 1. The van der Waals surface area contributed by atoms with E-state index in [-0.39, 0.29) is 22.8 Å². The molecule has 0 aliphatic heterocycles. The van der Waals surface area contributed by atoms with Gasteiger partial charge in [0.25, 0.3) is 12.3 Å². The van der Waals surface area contributed by atoms with Crippen LogP contribution in [0.2, 0.25) is 0 Å². The summed E-state index contributed by atoms with van der Waals surface area (Å²) < 4.78 is 116. The van der Waals surface area contributed by atoms with Crippen molar-refractivity contribution in [2.24, 2.45) is 0 Å². The largest absolute Gasteiger partial charge is 0.491 e. The van der Waals surface area contributed by atoms with Crippen LogP contribution < -0.4 is 15.4 Å². The number of carbonyl (C=O) groups excluding carboxylic acids is 3. The number of pyridine rings is 1. The van der Waals surface area contributed by atoms with Crippen LogP contribution in [0.1, 0.15) is 40.7 Å². The van der Waals surface area contributed by atoms with Crippen LogP contribution in [-0.2, 0) is 16.1 Å². The molecule has 222 valence electrons. The maximum atomic E-state index is 14.0. The zero-order chi connectivity index (χ0) is 30.7. The minimum Gasteiger partial charge on any atom is -0.485 e. The van der Waals surface area contributed by atoms with Gasteiger partial charge in [-0.3, -0.25) is 9.20 Å². The lowest BCUT2D eigenvalue weighted by molar-refractivity contribution is -0.193. The summed E-state index contributed by atoms with van der Waals surface area (Å²) in [5.41, 5.74) is -3.85. The fourth-order valence-corrected chi connectivity index (χ4v) is 3.46. The van der Waals surface area contributed by atoms with E-state index in [4.69, 9.17) is 4.74 Å². The van der Waals surface area contributed by atoms with E-state index in [2.05, 4.69) is 15.0 Å². The number of aryl methyl sites for hydroxylation is 1. The van der Waals surface area contributed by atoms with Gasteiger partial charge >= 0.3 is 18.2 Å². The third-order valence-electron chi connectivity index (χ3n) is 5.54. The molecular formula is C24H20F8N4O5. The summed E-state index contributed by atoms with van der Waals surface area (Å²) in [7, 11) is 0. The predicted octanol–water partition coefficient (Wildman–Crippen LogP) is 4.71. The van der Waals surface area contributed by atoms with Crippen molar-refractivity contribution in [3.63, 3.8) is 0 Å². The van der Waals surface area contributed by atoms with E-state index in [1.165, 1.54) is 6.92 Å². The maximum absolute atomic E-state index is 14.0. The SMILES string of the molecule is Cc1nc2c(OCc3c(F)cccc3F)cc(C(F)F)cn2c1C(=O)NCC(C)(CF)NC(=O)OC(=O)C(F)(F)F. The van der Waals surface area contributed by atoms with E-state index in [1.807, 2.05) is 0 Å². The first-order valence-corrected chi connectivity index (χ1v) is 11.4. The van der Waals surface area contributed by atoms with E-state index in [1.54, 1.807) is 5.32 Å². The van der Waals surface area contributed by atoms with Crippen molar-refractivity contribution in [3.05, 3.63) is 64.6 Å². The molecule has 0 aliphatic carbocycles. The molecule has 1 aromatic carbocycles.